The molecular weight excluding hydrogens is 521 g/mol. The van der Waals surface area contributed by atoms with Crippen molar-refractivity contribution in [3.05, 3.63) is 109 Å². The number of nitro benzene ring substituents is 1. The van der Waals surface area contributed by atoms with Crippen LogP contribution in [0.15, 0.2) is 92.9 Å². The van der Waals surface area contributed by atoms with E-state index >= 15 is 0 Å². The highest BCUT2D eigenvalue weighted by atomic mass is 79.9. The van der Waals surface area contributed by atoms with Crippen LogP contribution in [0.2, 0.25) is 0 Å². The van der Waals surface area contributed by atoms with Crippen molar-refractivity contribution in [2.45, 2.75) is 0 Å². The Kier molecular flexibility index (Phi) is 5.91. The van der Waals surface area contributed by atoms with Crippen molar-refractivity contribution >= 4 is 55.8 Å². The molecule has 0 atom stereocenters. The van der Waals surface area contributed by atoms with Crippen molar-refractivity contribution in [3.8, 4) is 11.3 Å². The van der Waals surface area contributed by atoms with Crippen LogP contribution in [0.25, 0.3) is 22.2 Å². The van der Waals surface area contributed by atoms with Gasteiger partial charge in [-0.1, -0.05) is 28.1 Å². The Morgan fingerprint density at radius 2 is 1.94 bits per heavy atom. The van der Waals surface area contributed by atoms with E-state index < -0.39 is 4.92 Å². The SMILES string of the molecule is O=[N+]([O-])c1cccc(-c2csc(=Nc3ccc(F)cc3)n2N=Cc2c[nH]c3ccc(Br)cc23)c1. The molecule has 0 spiro atoms. The van der Waals surface area contributed by atoms with Crippen LogP contribution in [0, 0.1) is 15.9 Å². The molecule has 0 unspecified atom stereocenters. The average Bonchev–Trinajstić information content (AvgIpc) is 3.42. The molecule has 5 rings (SSSR count). The molecule has 0 radical (unpaired) electrons. The third-order valence-corrected chi connectivity index (χ3v) is 6.39. The largest absolute Gasteiger partial charge is 0.361 e. The van der Waals surface area contributed by atoms with Gasteiger partial charge in [0.05, 0.1) is 22.5 Å². The normalized spacial score (nSPS) is 12.1. The lowest BCUT2D eigenvalue weighted by molar-refractivity contribution is -0.384. The van der Waals surface area contributed by atoms with E-state index in [0.717, 1.165) is 20.9 Å². The van der Waals surface area contributed by atoms with Gasteiger partial charge in [0.2, 0.25) is 4.80 Å². The van der Waals surface area contributed by atoms with Crippen molar-refractivity contribution < 1.29 is 9.31 Å². The van der Waals surface area contributed by atoms with Crippen LogP contribution >= 0.6 is 27.3 Å². The Bertz CT molecular complexity index is 1620. The zero-order chi connectivity index (χ0) is 23.7. The van der Waals surface area contributed by atoms with Crippen LogP contribution in [-0.4, -0.2) is 20.8 Å². The third kappa shape index (κ3) is 4.45. The standard InChI is InChI=1S/C24H15BrFN5O2S/c25-17-4-9-22-21(11-17)16(12-27-22)13-28-30-23(15-2-1-3-20(10-15)31(32)33)14-34-24(30)29-19-7-5-18(26)6-8-19/h1-14,27H. The molecule has 0 saturated heterocycles. The molecular formula is C24H15BrFN5O2S. The Hall–Kier alpha value is -3.89. The summed E-state index contributed by atoms with van der Waals surface area (Å²) in [7, 11) is 0. The van der Waals surface area contributed by atoms with E-state index in [0.29, 0.717) is 21.7 Å². The number of benzene rings is 3. The molecule has 5 aromatic rings. The molecule has 0 aliphatic heterocycles. The first-order chi connectivity index (χ1) is 16.5. The van der Waals surface area contributed by atoms with E-state index in [9.17, 15) is 14.5 Å². The van der Waals surface area contributed by atoms with Gasteiger partial charge in [-0.2, -0.15) is 5.10 Å². The average molecular weight is 536 g/mol. The van der Waals surface area contributed by atoms with Crippen LogP contribution in [0.4, 0.5) is 15.8 Å². The summed E-state index contributed by atoms with van der Waals surface area (Å²) in [5.41, 5.74) is 3.66. The number of nitrogens with one attached hydrogen (secondary N) is 1. The van der Waals surface area contributed by atoms with E-state index in [-0.39, 0.29) is 11.5 Å². The van der Waals surface area contributed by atoms with Crippen LogP contribution in [0.1, 0.15) is 5.56 Å². The molecule has 3 aromatic carbocycles. The predicted molar refractivity (Wildman–Crippen MR) is 135 cm³/mol. The number of halogens is 2. The number of H-pyrrole nitrogens is 1. The second-order valence-electron chi connectivity index (χ2n) is 7.29. The second-order valence-corrected chi connectivity index (χ2v) is 9.04. The predicted octanol–water partition coefficient (Wildman–Crippen LogP) is 6.62. The number of rotatable bonds is 5. The van der Waals surface area contributed by atoms with Gasteiger partial charge >= 0.3 is 0 Å². The van der Waals surface area contributed by atoms with E-state index in [4.69, 9.17) is 0 Å². The van der Waals surface area contributed by atoms with E-state index in [1.54, 1.807) is 35.2 Å². The molecule has 34 heavy (non-hydrogen) atoms. The van der Waals surface area contributed by atoms with E-state index in [1.165, 1.54) is 35.6 Å². The first kappa shape index (κ1) is 21.9. The molecule has 0 aliphatic rings. The van der Waals surface area contributed by atoms with E-state index in [1.807, 2.05) is 29.8 Å². The van der Waals surface area contributed by atoms with Crippen LogP contribution < -0.4 is 4.80 Å². The van der Waals surface area contributed by atoms with Gasteiger partial charge in [0.1, 0.15) is 5.82 Å². The van der Waals surface area contributed by atoms with Crippen LogP contribution in [0.3, 0.4) is 0 Å². The summed E-state index contributed by atoms with van der Waals surface area (Å²) in [5, 5.41) is 18.8. The maximum atomic E-state index is 13.3. The maximum absolute atomic E-state index is 13.3. The van der Waals surface area contributed by atoms with Crippen LogP contribution in [-0.2, 0) is 0 Å². The molecule has 0 bridgehead atoms. The minimum atomic E-state index is -0.433. The quantitative estimate of drug-likeness (QED) is 0.155. The highest BCUT2D eigenvalue weighted by Gasteiger charge is 2.12. The fourth-order valence-electron chi connectivity index (χ4n) is 3.43. The number of nitro groups is 1. The molecule has 7 nitrogen and oxygen atoms in total. The highest BCUT2D eigenvalue weighted by Crippen LogP contribution is 2.26. The summed E-state index contributed by atoms with van der Waals surface area (Å²) < 4.78 is 15.9. The van der Waals surface area contributed by atoms with Crippen molar-refractivity contribution in [1.82, 2.24) is 9.66 Å². The fraction of sp³-hybridized carbons (Fsp3) is 0. The first-order valence-electron chi connectivity index (χ1n) is 10.0. The number of fused-ring (bicyclic) bond motifs is 1. The van der Waals surface area contributed by atoms with Gasteiger partial charge in [-0.25, -0.2) is 14.1 Å². The monoisotopic (exact) mass is 535 g/mol. The summed E-state index contributed by atoms with van der Waals surface area (Å²) in [6.45, 7) is 0. The molecule has 10 heteroatoms. The van der Waals surface area contributed by atoms with Crippen molar-refractivity contribution in [3.63, 3.8) is 0 Å². The summed E-state index contributed by atoms with van der Waals surface area (Å²) in [6, 6.07) is 18.1. The lowest BCUT2D eigenvalue weighted by Crippen LogP contribution is -2.11. The lowest BCUT2D eigenvalue weighted by Gasteiger charge is -2.04. The smallest absolute Gasteiger partial charge is 0.270 e. The number of hydrogen-bond donors (Lipinski definition) is 1. The number of hydrogen-bond acceptors (Lipinski definition) is 5. The number of thiazole rings is 1. The molecule has 0 saturated carbocycles. The molecule has 2 aromatic heterocycles. The molecule has 0 amide bonds. The minimum absolute atomic E-state index is 0.0160. The maximum Gasteiger partial charge on any atom is 0.270 e. The van der Waals surface area contributed by atoms with Crippen molar-refractivity contribution in [1.29, 1.82) is 0 Å². The van der Waals surface area contributed by atoms with Crippen molar-refractivity contribution in [2.75, 3.05) is 0 Å². The second kappa shape index (κ2) is 9.16. The summed E-state index contributed by atoms with van der Waals surface area (Å²) >= 11 is 4.83. The molecule has 168 valence electrons. The topological polar surface area (TPSA) is 88.6 Å². The third-order valence-electron chi connectivity index (χ3n) is 5.08. The van der Waals surface area contributed by atoms with Gasteiger partial charge < -0.3 is 4.98 Å². The number of aromatic nitrogens is 2. The Morgan fingerprint density at radius 3 is 2.74 bits per heavy atom. The Labute approximate surface area is 204 Å². The molecule has 1 N–H and O–H groups in total. The zero-order valence-electron chi connectivity index (χ0n) is 17.4. The summed E-state index contributed by atoms with van der Waals surface area (Å²) in [4.78, 5) is 19.2. The molecule has 0 aliphatic carbocycles. The van der Waals surface area contributed by atoms with Gasteiger partial charge in [-0.3, -0.25) is 10.1 Å². The lowest BCUT2D eigenvalue weighted by atomic mass is 10.1. The van der Waals surface area contributed by atoms with E-state index in [2.05, 4.69) is 31.0 Å². The fourth-order valence-corrected chi connectivity index (χ4v) is 4.65. The number of non-ortho nitro benzene ring substituents is 1. The van der Waals surface area contributed by atoms with Gasteiger partial charge in [0.25, 0.3) is 5.69 Å². The Morgan fingerprint density at radius 1 is 1.12 bits per heavy atom. The highest BCUT2D eigenvalue weighted by molar-refractivity contribution is 9.10. The van der Waals surface area contributed by atoms with Gasteiger partial charge in [-0.05, 0) is 42.5 Å². The first-order valence-corrected chi connectivity index (χ1v) is 11.7. The number of aromatic amines is 1. The Balaban J connectivity index is 1.66. The van der Waals surface area contributed by atoms with Gasteiger partial charge in [0.15, 0.2) is 0 Å². The van der Waals surface area contributed by atoms with Crippen molar-refractivity contribution in [2.24, 2.45) is 10.1 Å². The zero-order valence-corrected chi connectivity index (χ0v) is 19.8. The minimum Gasteiger partial charge on any atom is -0.361 e. The van der Waals surface area contributed by atoms with Gasteiger partial charge in [0, 0.05) is 50.2 Å². The van der Waals surface area contributed by atoms with Gasteiger partial charge in [-0.15, -0.1) is 11.3 Å². The molecule has 2 heterocycles. The summed E-state index contributed by atoms with van der Waals surface area (Å²) in [5.74, 6) is -0.348. The molecule has 0 fully saturated rings. The summed E-state index contributed by atoms with van der Waals surface area (Å²) in [6.07, 6.45) is 3.57. The number of nitrogens with zero attached hydrogens (tertiary/aromatic N) is 4. The van der Waals surface area contributed by atoms with Crippen LogP contribution in [0.5, 0.6) is 0 Å².